The Kier molecular flexibility index (Phi) is 6.65. The van der Waals surface area contributed by atoms with E-state index in [2.05, 4.69) is 22.8 Å². The van der Waals surface area contributed by atoms with Crippen molar-refractivity contribution in [2.45, 2.75) is 38.1 Å². The van der Waals surface area contributed by atoms with Crippen LogP contribution in [-0.4, -0.2) is 66.3 Å². The third kappa shape index (κ3) is 4.95. The van der Waals surface area contributed by atoms with Crippen molar-refractivity contribution >= 4 is 11.8 Å². The van der Waals surface area contributed by atoms with Gasteiger partial charge in [-0.2, -0.15) is 0 Å². The minimum Gasteiger partial charge on any atom is -0.389 e. The monoisotopic (exact) mass is 423 g/mol. The van der Waals surface area contributed by atoms with Crippen LogP contribution in [0.1, 0.15) is 38.8 Å². The van der Waals surface area contributed by atoms with Crippen molar-refractivity contribution in [1.29, 1.82) is 0 Å². The lowest BCUT2D eigenvalue weighted by molar-refractivity contribution is 0.0303. The van der Waals surface area contributed by atoms with Crippen molar-refractivity contribution in [2.75, 3.05) is 26.3 Å². The number of benzene rings is 2. The number of nitrogens with one attached hydrogen (secondary N) is 2. The fraction of sp³-hybridized carbons (Fsp3) is 0.417. The van der Waals surface area contributed by atoms with E-state index in [9.17, 15) is 14.7 Å². The molecule has 31 heavy (non-hydrogen) atoms. The second-order valence-electron chi connectivity index (χ2n) is 8.19. The second kappa shape index (κ2) is 9.60. The van der Waals surface area contributed by atoms with Gasteiger partial charge in [-0.05, 0) is 48.7 Å². The zero-order chi connectivity index (χ0) is 21.8. The Morgan fingerprint density at radius 1 is 1.06 bits per heavy atom. The molecule has 164 valence electrons. The molecule has 2 aliphatic heterocycles. The maximum Gasteiger partial charge on any atom is 0.254 e. The summed E-state index contributed by atoms with van der Waals surface area (Å²) in [6, 6.07) is 14.3. The normalized spacial score (nSPS) is 20.5. The first-order valence-electron chi connectivity index (χ1n) is 10.8. The third-order valence-electron chi connectivity index (χ3n) is 6.09. The van der Waals surface area contributed by atoms with Crippen molar-refractivity contribution in [2.24, 2.45) is 0 Å². The first-order chi connectivity index (χ1) is 15.0. The number of aliphatic hydroxyl groups is 1. The number of ether oxygens (including phenoxy) is 1. The average molecular weight is 424 g/mol. The first-order valence-corrected chi connectivity index (χ1v) is 10.8. The molecule has 2 aromatic carbocycles. The molecule has 3 N–H and O–H groups in total. The van der Waals surface area contributed by atoms with Crippen LogP contribution in [0.15, 0.2) is 48.5 Å². The molecule has 7 nitrogen and oxygen atoms in total. The van der Waals surface area contributed by atoms with Gasteiger partial charge < -0.3 is 25.4 Å². The molecule has 7 heteroatoms. The maximum atomic E-state index is 12.7. The van der Waals surface area contributed by atoms with E-state index in [1.54, 1.807) is 36.1 Å². The zero-order valence-corrected chi connectivity index (χ0v) is 17.7. The number of aliphatic hydroxyl groups excluding tert-OH is 1. The molecule has 3 atom stereocenters. The molecule has 1 fully saturated rings. The highest BCUT2D eigenvalue weighted by molar-refractivity contribution is 5.98. The molecule has 2 heterocycles. The minimum atomic E-state index is -0.723. The van der Waals surface area contributed by atoms with Crippen LogP contribution in [0, 0.1) is 0 Å². The van der Waals surface area contributed by atoms with E-state index in [4.69, 9.17) is 4.74 Å². The van der Waals surface area contributed by atoms with Crippen LogP contribution in [0.25, 0.3) is 0 Å². The number of hydrogen-bond acceptors (Lipinski definition) is 5. The number of amides is 2. The van der Waals surface area contributed by atoms with Crippen LogP contribution in [0.2, 0.25) is 0 Å². The lowest BCUT2D eigenvalue weighted by Crippen LogP contribution is -2.53. The van der Waals surface area contributed by atoms with Gasteiger partial charge in [0.2, 0.25) is 0 Å². The van der Waals surface area contributed by atoms with Gasteiger partial charge in [0.05, 0.1) is 25.4 Å². The lowest BCUT2D eigenvalue weighted by Gasteiger charge is -2.33. The molecule has 1 saturated heterocycles. The smallest absolute Gasteiger partial charge is 0.254 e. The summed E-state index contributed by atoms with van der Waals surface area (Å²) < 4.78 is 5.28. The van der Waals surface area contributed by atoms with Crippen LogP contribution < -0.4 is 10.6 Å². The highest BCUT2D eigenvalue weighted by atomic mass is 16.5. The van der Waals surface area contributed by atoms with E-state index in [0.29, 0.717) is 44.0 Å². The number of fused-ring (bicyclic) bond motifs is 1. The molecule has 2 amide bonds. The maximum absolute atomic E-state index is 12.7. The fourth-order valence-corrected chi connectivity index (χ4v) is 4.16. The molecule has 0 saturated carbocycles. The molecular weight excluding hydrogens is 394 g/mol. The lowest BCUT2D eigenvalue weighted by atomic mass is 9.90. The Labute approximate surface area is 182 Å². The average Bonchev–Trinajstić information content (AvgIpc) is 2.83. The van der Waals surface area contributed by atoms with Crippen molar-refractivity contribution in [3.05, 3.63) is 70.8 Å². The summed E-state index contributed by atoms with van der Waals surface area (Å²) in [4.78, 5) is 27.0. The summed E-state index contributed by atoms with van der Waals surface area (Å²) in [6.07, 6.45) is -0.00455. The van der Waals surface area contributed by atoms with Gasteiger partial charge in [0.1, 0.15) is 0 Å². The standard InChI is InChI=1S/C24H29N3O4/c1-16(22(28)21-14-19-4-2-3-5-20(19)15-25-21)26-23(29)17-6-8-18(9-7-17)24(30)27-10-12-31-13-11-27/h2-9,16,21-22,25,28H,10-15H2,1H3,(H,26,29)/t16?,21-,22?/m0/s1. The summed E-state index contributed by atoms with van der Waals surface area (Å²) in [6.45, 7) is 4.77. The van der Waals surface area contributed by atoms with Gasteiger partial charge in [-0.15, -0.1) is 0 Å². The Morgan fingerprint density at radius 2 is 1.71 bits per heavy atom. The highest BCUT2D eigenvalue weighted by Gasteiger charge is 2.29. The van der Waals surface area contributed by atoms with E-state index < -0.39 is 12.1 Å². The SMILES string of the molecule is CC(NC(=O)c1ccc(C(=O)N2CCOCC2)cc1)C(O)[C@@H]1Cc2ccccc2CN1. The minimum absolute atomic E-state index is 0.0531. The molecule has 2 unspecified atom stereocenters. The molecule has 0 radical (unpaired) electrons. The summed E-state index contributed by atoms with van der Waals surface area (Å²) in [5.74, 6) is -0.323. The quantitative estimate of drug-likeness (QED) is 0.676. The van der Waals surface area contributed by atoms with Gasteiger partial charge in [-0.25, -0.2) is 0 Å². The molecule has 2 aromatic rings. The van der Waals surface area contributed by atoms with E-state index in [0.717, 1.165) is 6.42 Å². The molecule has 4 rings (SSSR count). The van der Waals surface area contributed by atoms with Crippen LogP contribution >= 0.6 is 0 Å². The summed E-state index contributed by atoms with van der Waals surface area (Å²) >= 11 is 0. The van der Waals surface area contributed by atoms with E-state index >= 15 is 0 Å². The number of carbonyl (C=O) groups is 2. The van der Waals surface area contributed by atoms with Crippen molar-refractivity contribution in [3.8, 4) is 0 Å². The van der Waals surface area contributed by atoms with E-state index in [-0.39, 0.29) is 17.9 Å². The highest BCUT2D eigenvalue weighted by Crippen LogP contribution is 2.19. The van der Waals surface area contributed by atoms with E-state index in [1.165, 1.54) is 11.1 Å². The van der Waals surface area contributed by atoms with Gasteiger partial charge in [0, 0.05) is 36.8 Å². The largest absolute Gasteiger partial charge is 0.389 e. The van der Waals surface area contributed by atoms with Gasteiger partial charge >= 0.3 is 0 Å². The van der Waals surface area contributed by atoms with Gasteiger partial charge in [0.25, 0.3) is 11.8 Å². The Morgan fingerprint density at radius 3 is 2.42 bits per heavy atom. The first kappa shape index (κ1) is 21.5. The number of morpholine rings is 1. The van der Waals surface area contributed by atoms with Gasteiger partial charge in [0.15, 0.2) is 0 Å². The van der Waals surface area contributed by atoms with Crippen LogP contribution in [0.4, 0.5) is 0 Å². The predicted octanol–water partition coefficient (Wildman–Crippen LogP) is 1.35. The fourth-order valence-electron chi connectivity index (χ4n) is 4.16. The summed E-state index contributed by atoms with van der Waals surface area (Å²) in [5.41, 5.74) is 3.48. The van der Waals surface area contributed by atoms with Crippen molar-refractivity contribution in [1.82, 2.24) is 15.5 Å². The van der Waals surface area contributed by atoms with E-state index in [1.807, 2.05) is 12.1 Å². The summed E-state index contributed by atoms with van der Waals surface area (Å²) in [5, 5.41) is 17.0. The molecule has 0 spiro atoms. The number of carbonyl (C=O) groups excluding carboxylic acids is 2. The molecule has 2 aliphatic rings. The van der Waals surface area contributed by atoms with Crippen molar-refractivity contribution in [3.63, 3.8) is 0 Å². The molecule has 0 aliphatic carbocycles. The topological polar surface area (TPSA) is 90.9 Å². The Bertz CT molecular complexity index is 925. The third-order valence-corrected chi connectivity index (χ3v) is 6.09. The molecule has 0 aromatic heterocycles. The van der Waals surface area contributed by atoms with Gasteiger partial charge in [-0.1, -0.05) is 24.3 Å². The summed E-state index contributed by atoms with van der Waals surface area (Å²) in [7, 11) is 0. The van der Waals surface area contributed by atoms with Crippen LogP contribution in [0.5, 0.6) is 0 Å². The number of nitrogens with zero attached hydrogens (tertiary/aromatic N) is 1. The predicted molar refractivity (Wildman–Crippen MR) is 117 cm³/mol. The van der Waals surface area contributed by atoms with Crippen LogP contribution in [-0.2, 0) is 17.7 Å². The number of hydrogen-bond donors (Lipinski definition) is 3. The molecule has 0 bridgehead atoms. The van der Waals surface area contributed by atoms with Gasteiger partial charge in [-0.3, -0.25) is 9.59 Å². The second-order valence-corrected chi connectivity index (χ2v) is 8.19. The van der Waals surface area contributed by atoms with Crippen LogP contribution in [0.3, 0.4) is 0 Å². The Balaban J connectivity index is 1.33. The number of rotatable bonds is 5. The van der Waals surface area contributed by atoms with Crippen molar-refractivity contribution < 1.29 is 19.4 Å². The zero-order valence-electron chi connectivity index (χ0n) is 17.7. The molecular formula is C24H29N3O4. The Hall–Kier alpha value is -2.74.